The molecule has 6 atom stereocenters. The second kappa shape index (κ2) is 33.9. The van der Waals surface area contributed by atoms with Gasteiger partial charge in [-0.2, -0.15) is 10.4 Å². The minimum Gasteiger partial charge on any atom is -0.489 e. The highest BCUT2D eigenvalue weighted by Crippen LogP contribution is 2.48. The van der Waals surface area contributed by atoms with Gasteiger partial charge in [-0.25, -0.2) is 14.1 Å². The summed E-state index contributed by atoms with van der Waals surface area (Å²) in [7, 11) is 2.83. The predicted octanol–water partition coefficient (Wildman–Crippen LogP) is 3.56. The van der Waals surface area contributed by atoms with E-state index in [0.29, 0.717) is 11.1 Å². The first-order chi connectivity index (χ1) is 38.5. The molecule has 0 spiro atoms. The number of nitriles is 1. The topological polar surface area (TPSA) is 300 Å². The Kier molecular flexibility index (Phi) is 27.6. The van der Waals surface area contributed by atoms with Gasteiger partial charge in [0.1, 0.15) is 18.8 Å². The van der Waals surface area contributed by atoms with E-state index in [1.54, 1.807) is 24.3 Å². The second-order valence-electron chi connectivity index (χ2n) is 18.5. The molecule has 3 aromatic heterocycles. The molecule has 1 saturated heterocycles. The van der Waals surface area contributed by atoms with Crippen LogP contribution in [0.2, 0.25) is 10.0 Å². The first-order valence-electron chi connectivity index (χ1n) is 25.8. The monoisotopic (exact) mass is 1180 g/mol. The molecule has 0 aliphatic carbocycles. The fraction of sp³-hybridized carbons (Fsp3) is 0.558. The Morgan fingerprint density at radius 3 is 2.14 bits per heavy atom. The lowest BCUT2D eigenvalue weighted by molar-refractivity contribution is -0.124. The summed E-state index contributed by atoms with van der Waals surface area (Å²) in [6.07, 6.45) is 3.02. The standard InChI is InChI=1S/C52H71Cl2N10O15P/c1-33(2)64(34(3)4)80(77-18-8-14-55)78-32-42-37(47(72-7)51(79-42)63-17-13-43(65)61-52(63)70)28-44(66)57-16-20-73-21-22-74-23-24-75-25-26-76-41-31-59-62(5)50(69)45(41)36-11-9-35(10-12-36)27-40(48(67)58-15-19-71-6)60-49(68)46-38(53)29-56-30-39(46)54/h9-13,17,29-31,33-34,37,40,42,47,51H,8,15-16,18-28,32H2,1-7H3,(H,57,66)(H,58,67)(H,60,68)(H,61,65,70)/t37-,40+,42-,47-,51-,80?/m1/s1. The van der Waals surface area contributed by atoms with E-state index in [1.807, 2.05) is 27.7 Å². The summed E-state index contributed by atoms with van der Waals surface area (Å²) in [5, 5.41) is 21.7. The van der Waals surface area contributed by atoms with Crippen LogP contribution in [0.25, 0.3) is 11.1 Å². The second-order valence-corrected chi connectivity index (χ2v) is 20.8. The van der Waals surface area contributed by atoms with Crippen molar-refractivity contribution < 1.29 is 56.6 Å². The molecule has 80 heavy (non-hydrogen) atoms. The molecule has 0 radical (unpaired) electrons. The number of carbonyl (C=O) groups is 3. The molecule has 1 aliphatic rings. The van der Waals surface area contributed by atoms with Gasteiger partial charge >= 0.3 is 5.69 Å². The van der Waals surface area contributed by atoms with Crippen molar-refractivity contribution >= 4 is 49.4 Å². The van der Waals surface area contributed by atoms with Crippen molar-refractivity contribution in [2.45, 2.75) is 83.5 Å². The number of ether oxygens (including phenoxy) is 7. The number of H-pyrrole nitrogens is 1. The normalized spacial score (nSPS) is 16.9. The largest absolute Gasteiger partial charge is 0.489 e. The van der Waals surface area contributed by atoms with Gasteiger partial charge in [0.25, 0.3) is 25.6 Å². The molecule has 0 saturated carbocycles. The van der Waals surface area contributed by atoms with Crippen molar-refractivity contribution in [3.8, 4) is 22.9 Å². The van der Waals surface area contributed by atoms with Crippen LogP contribution in [-0.4, -0.2) is 170 Å². The first kappa shape index (κ1) is 65.1. The van der Waals surface area contributed by atoms with Gasteiger partial charge in [-0.3, -0.25) is 38.5 Å². The third-order valence-electron chi connectivity index (χ3n) is 12.2. The van der Waals surface area contributed by atoms with E-state index in [2.05, 4.69) is 41.8 Å². The van der Waals surface area contributed by atoms with E-state index in [9.17, 15) is 28.8 Å². The molecular weight excluding hydrogens is 1110 g/mol. The lowest BCUT2D eigenvalue weighted by atomic mass is 9.94. The Balaban J connectivity index is 1.04. The van der Waals surface area contributed by atoms with Crippen LogP contribution in [-0.2, 0) is 60.5 Å². The van der Waals surface area contributed by atoms with Gasteiger partial charge in [0, 0.05) is 89.9 Å². The number of aromatic nitrogens is 5. The molecular formula is C52H71Cl2N10O15P. The number of methoxy groups -OCH3 is 2. The summed E-state index contributed by atoms with van der Waals surface area (Å²) in [4.78, 5) is 84.1. The first-order valence-corrected chi connectivity index (χ1v) is 27.7. The Labute approximate surface area is 474 Å². The summed E-state index contributed by atoms with van der Waals surface area (Å²) in [5.41, 5.74) is -0.223. The number of halogens is 2. The van der Waals surface area contributed by atoms with Gasteiger partial charge in [0.05, 0.1) is 105 Å². The SMILES string of the molecule is COCCNC(=O)[C@H](Cc1ccc(-c2c(OCCOCCOCCOCCNC(=O)C[C@H]3[C@@H](OC)[C@H](n4ccc(=O)[nH]c4=O)O[C@@H]3COP(OCCC#N)N(C(C)C)C(C)C)cnn(C)c2=O)cc1)NC(=O)c1c(Cl)cncc1Cl. The number of carbonyl (C=O) groups excluding carboxylic acids is 3. The fourth-order valence-electron chi connectivity index (χ4n) is 8.49. The van der Waals surface area contributed by atoms with Crippen LogP contribution < -0.4 is 37.5 Å². The molecule has 1 unspecified atom stereocenters. The number of nitrogens with zero attached hydrogens (tertiary/aromatic N) is 6. The number of rotatable bonds is 35. The van der Waals surface area contributed by atoms with Gasteiger partial charge in [-0.05, 0) is 38.8 Å². The van der Waals surface area contributed by atoms with Crippen LogP contribution in [0.4, 0.5) is 0 Å². The highest BCUT2D eigenvalue weighted by Gasteiger charge is 2.48. The van der Waals surface area contributed by atoms with Crippen molar-refractivity contribution in [3.05, 3.63) is 107 Å². The molecule has 0 bridgehead atoms. The Bertz CT molecular complexity index is 2810. The van der Waals surface area contributed by atoms with Gasteiger partial charge in [0.15, 0.2) is 12.0 Å². The minimum absolute atomic E-state index is 0.0159. The summed E-state index contributed by atoms with van der Waals surface area (Å²) in [5.74, 6) is -1.78. The smallest absolute Gasteiger partial charge is 0.330 e. The molecule has 25 nitrogen and oxygen atoms in total. The number of aryl methyl sites for hydroxylation is 1. The van der Waals surface area contributed by atoms with Crippen LogP contribution in [0.1, 0.15) is 62.7 Å². The number of amides is 3. The van der Waals surface area contributed by atoms with Crippen LogP contribution in [0, 0.1) is 17.2 Å². The zero-order valence-electron chi connectivity index (χ0n) is 45.9. The summed E-state index contributed by atoms with van der Waals surface area (Å²) in [6.45, 7) is 10.3. The Morgan fingerprint density at radius 2 is 1.51 bits per heavy atom. The lowest BCUT2D eigenvalue weighted by Crippen LogP contribution is -2.48. The van der Waals surface area contributed by atoms with E-state index < -0.39 is 67.5 Å². The van der Waals surface area contributed by atoms with Crippen molar-refractivity contribution in [1.82, 2.24) is 44.9 Å². The summed E-state index contributed by atoms with van der Waals surface area (Å²) in [6, 6.07) is 9.24. The highest BCUT2D eigenvalue weighted by molar-refractivity contribution is 7.44. The quantitative estimate of drug-likeness (QED) is 0.0378. The fourth-order valence-corrected chi connectivity index (χ4v) is 10.6. The van der Waals surface area contributed by atoms with Crippen LogP contribution in [0.15, 0.2) is 69.5 Å². The summed E-state index contributed by atoms with van der Waals surface area (Å²) < 4.78 is 57.1. The van der Waals surface area contributed by atoms with Gasteiger partial charge in [-0.1, -0.05) is 47.5 Å². The maximum atomic E-state index is 13.4. The minimum atomic E-state index is -1.65. The van der Waals surface area contributed by atoms with Crippen molar-refractivity contribution in [3.63, 3.8) is 0 Å². The zero-order chi connectivity index (χ0) is 58.1. The van der Waals surface area contributed by atoms with Gasteiger partial charge in [0.2, 0.25) is 11.8 Å². The number of hydrogen-bond donors (Lipinski definition) is 4. The molecule has 28 heteroatoms. The zero-order valence-corrected chi connectivity index (χ0v) is 48.3. The Hall–Kier alpha value is -5.72. The van der Waals surface area contributed by atoms with Crippen LogP contribution >= 0.6 is 31.7 Å². The number of hydrogen-bond acceptors (Lipinski definition) is 19. The lowest BCUT2D eigenvalue weighted by Gasteiger charge is -2.36. The van der Waals surface area contributed by atoms with Crippen LogP contribution in [0.3, 0.4) is 0 Å². The third kappa shape index (κ3) is 19.5. The van der Waals surface area contributed by atoms with Crippen LogP contribution in [0.5, 0.6) is 5.75 Å². The molecule has 1 aromatic carbocycles. The average Bonchev–Trinajstić information content (AvgIpc) is 3.78. The van der Waals surface area contributed by atoms with E-state index in [0.717, 1.165) is 0 Å². The highest BCUT2D eigenvalue weighted by atomic mass is 35.5. The molecule has 4 heterocycles. The maximum Gasteiger partial charge on any atom is 0.330 e. The average molecular weight is 1180 g/mol. The number of benzene rings is 1. The number of nitrogens with one attached hydrogen (secondary N) is 4. The van der Waals surface area contributed by atoms with E-state index in [1.165, 1.54) is 61.4 Å². The third-order valence-corrected chi connectivity index (χ3v) is 14.9. The molecule has 1 fully saturated rings. The van der Waals surface area contributed by atoms with Gasteiger partial charge in [-0.15, -0.1) is 0 Å². The molecule has 4 N–H and O–H groups in total. The maximum absolute atomic E-state index is 13.4. The number of pyridine rings is 1. The number of aromatic amines is 1. The van der Waals surface area contributed by atoms with Crippen molar-refractivity contribution in [1.29, 1.82) is 5.26 Å². The predicted molar refractivity (Wildman–Crippen MR) is 295 cm³/mol. The van der Waals surface area contributed by atoms with Crippen molar-refractivity contribution in [2.75, 3.05) is 93.4 Å². The van der Waals surface area contributed by atoms with Gasteiger partial charge < -0.3 is 58.2 Å². The Morgan fingerprint density at radius 1 is 0.863 bits per heavy atom. The molecule has 3 amide bonds. The van der Waals surface area contributed by atoms with E-state index in [-0.39, 0.29) is 143 Å². The molecule has 1 aliphatic heterocycles. The molecule has 4 aromatic rings. The molecule has 5 rings (SSSR count). The van der Waals surface area contributed by atoms with Crippen molar-refractivity contribution in [2.24, 2.45) is 13.0 Å². The van der Waals surface area contributed by atoms with E-state index in [4.69, 9.17) is 70.7 Å². The molecule has 438 valence electrons. The summed E-state index contributed by atoms with van der Waals surface area (Å²) >= 11 is 12.4. The van der Waals surface area contributed by atoms with E-state index >= 15 is 0 Å².